The molecule has 0 spiro atoms. The van der Waals surface area contributed by atoms with Crippen LogP contribution in [0.1, 0.15) is 106 Å². The van der Waals surface area contributed by atoms with Crippen LogP contribution in [0.3, 0.4) is 0 Å². The molecule has 4 saturated carbocycles. The van der Waals surface area contributed by atoms with Crippen LogP contribution in [-0.2, 0) is 4.74 Å². The third-order valence-electron chi connectivity index (χ3n) is 13.0. The van der Waals surface area contributed by atoms with Crippen molar-refractivity contribution in [2.75, 3.05) is 0 Å². The number of aliphatic hydroxyl groups excluding tert-OH is 2. The van der Waals surface area contributed by atoms with Gasteiger partial charge in [0.1, 0.15) is 0 Å². The SMILES string of the molecule is C=C(C)[C@H]1CC[C@](C)([C@H]2CC[C@]3(C)[C@@H]2[C@H](O)C[C@@H]2[C@@]4(C)CC[C@H](O)C(C)(C)C4CC[C@]23C)O1. The van der Waals surface area contributed by atoms with Gasteiger partial charge in [-0.3, -0.25) is 0 Å². The third kappa shape index (κ3) is 3.03. The zero-order chi connectivity index (χ0) is 24.2. The Bertz CT molecular complexity index is 819. The molecular formula is C30H50O3. The average Bonchev–Trinajstić information content (AvgIpc) is 3.30. The molecule has 5 rings (SSSR count). The van der Waals surface area contributed by atoms with Crippen LogP contribution in [0.5, 0.6) is 0 Å². The summed E-state index contributed by atoms with van der Waals surface area (Å²) in [5, 5.41) is 22.8. The van der Waals surface area contributed by atoms with E-state index in [1.54, 1.807) is 0 Å². The Hall–Kier alpha value is -0.380. The standard InChI is InChI=1S/C30H50O3/c1-18(2)21-10-16-30(8,33-21)19-9-14-29(7)25(19)20(31)17-23-27(5)13-12-24(32)26(3,4)22(27)11-15-28(23,29)6/h19-25,31-32H,1,9-17H2,2-8H3/t19-,20+,21+,22?,23+,24-,25-,27-,28+,29+,30+/m0/s1. The van der Waals surface area contributed by atoms with Gasteiger partial charge in [0.15, 0.2) is 0 Å². The Morgan fingerprint density at radius 1 is 0.818 bits per heavy atom. The Morgan fingerprint density at radius 3 is 2.12 bits per heavy atom. The van der Waals surface area contributed by atoms with Crippen LogP contribution in [-0.4, -0.2) is 34.1 Å². The first-order valence-corrected chi connectivity index (χ1v) is 13.9. The largest absolute Gasteiger partial charge is 0.393 e. The van der Waals surface area contributed by atoms with E-state index in [9.17, 15) is 10.2 Å². The summed E-state index contributed by atoms with van der Waals surface area (Å²) >= 11 is 0. The van der Waals surface area contributed by atoms with E-state index in [1.165, 1.54) is 25.7 Å². The van der Waals surface area contributed by atoms with Crippen molar-refractivity contribution < 1.29 is 14.9 Å². The fourth-order valence-electron chi connectivity index (χ4n) is 10.9. The van der Waals surface area contributed by atoms with Gasteiger partial charge in [0, 0.05) is 0 Å². The lowest BCUT2D eigenvalue weighted by Crippen LogP contribution is -2.66. The highest BCUT2D eigenvalue weighted by atomic mass is 16.5. The number of fused-ring (bicyclic) bond motifs is 5. The molecule has 1 aliphatic heterocycles. The van der Waals surface area contributed by atoms with Gasteiger partial charge in [0.25, 0.3) is 0 Å². The van der Waals surface area contributed by atoms with E-state index < -0.39 is 0 Å². The van der Waals surface area contributed by atoms with E-state index >= 15 is 0 Å². The van der Waals surface area contributed by atoms with Crippen LogP contribution >= 0.6 is 0 Å². The molecule has 2 N–H and O–H groups in total. The van der Waals surface area contributed by atoms with Gasteiger partial charge < -0.3 is 14.9 Å². The van der Waals surface area contributed by atoms with E-state index in [0.29, 0.717) is 23.7 Å². The van der Waals surface area contributed by atoms with E-state index in [1.807, 2.05) is 0 Å². The second-order valence-electron chi connectivity index (χ2n) is 14.6. The van der Waals surface area contributed by atoms with Crippen molar-refractivity contribution in [2.24, 2.45) is 45.3 Å². The van der Waals surface area contributed by atoms with Crippen LogP contribution in [0.25, 0.3) is 0 Å². The fraction of sp³-hybridized carbons (Fsp3) is 0.933. The Morgan fingerprint density at radius 2 is 1.48 bits per heavy atom. The Labute approximate surface area is 202 Å². The Balaban J connectivity index is 1.49. The van der Waals surface area contributed by atoms with Crippen molar-refractivity contribution in [3.8, 4) is 0 Å². The van der Waals surface area contributed by atoms with E-state index in [2.05, 4.69) is 55.0 Å². The predicted molar refractivity (Wildman–Crippen MR) is 134 cm³/mol. The summed E-state index contributed by atoms with van der Waals surface area (Å²) < 4.78 is 6.71. The first kappa shape index (κ1) is 24.3. The summed E-state index contributed by atoms with van der Waals surface area (Å²) in [6.45, 7) is 20.8. The summed E-state index contributed by atoms with van der Waals surface area (Å²) in [4.78, 5) is 0. The van der Waals surface area contributed by atoms with Crippen molar-refractivity contribution in [3.05, 3.63) is 12.2 Å². The van der Waals surface area contributed by atoms with Crippen LogP contribution < -0.4 is 0 Å². The molecule has 188 valence electrons. The molecular weight excluding hydrogens is 408 g/mol. The molecule has 0 aromatic heterocycles. The highest BCUT2D eigenvalue weighted by molar-refractivity contribution is 5.20. The minimum atomic E-state index is -0.254. The molecule has 0 aromatic rings. The molecule has 3 nitrogen and oxygen atoms in total. The smallest absolute Gasteiger partial charge is 0.0788 e. The van der Waals surface area contributed by atoms with Crippen molar-refractivity contribution in [2.45, 2.75) is 130 Å². The van der Waals surface area contributed by atoms with Crippen LogP contribution in [0.2, 0.25) is 0 Å². The molecule has 1 unspecified atom stereocenters. The maximum Gasteiger partial charge on any atom is 0.0788 e. The molecule has 0 aromatic carbocycles. The van der Waals surface area contributed by atoms with Crippen molar-refractivity contribution in [1.82, 2.24) is 0 Å². The van der Waals surface area contributed by atoms with Crippen LogP contribution in [0.4, 0.5) is 0 Å². The predicted octanol–water partition coefficient (Wildman–Crippen LogP) is 6.52. The zero-order valence-corrected chi connectivity index (χ0v) is 22.4. The van der Waals surface area contributed by atoms with E-state index in [0.717, 1.165) is 37.7 Å². The first-order chi connectivity index (χ1) is 15.2. The summed E-state index contributed by atoms with van der Waals surface area (Å²) in [5.41, 5.74) is 1.53. The molecule has 4 aliphatic carbocycles. The van der Waals surface area contributed by atoms with Crippen LogP contribution in [0.15, 0.2) is 12.2 Å². The molecule has 5 aliphatic rings. The van der Waals surface area contributed by atoms with Gasteiger partial charge in [0.2, 0.25) is 0 Å². The lowest BCUT2D eigenvalue weighted by molar-refractivity contribution is -0.247. The van der Waals surface area contributed by atoms with Gasteiger partial charge in [0.05, 0.1) is 23.9 Å². The summed E-state index contributed by atoms with van der Waals surface area (Å²) in [5.74, 6) is 1.79. The second-order valence-corrected chi connectivity index (χ2v) is 14.6. The molecule has 0 bridgehead atoms. The normalized spacial score (nSPS) is 57.8. The van der Waals surface area contributed by atoms with Gasteiger partial charge in [-0.05, 0) is 117 Å². The number of aliphatic hydroxyl groups is 2. The van der Waals surface area contributed by atoms with Crippen molar-refractivity contribution >= 4 is 0 Å². The second kappa shape index (κ2) is 7.32. The van der Waals surface area contributed by atoms with Crippen molar-refractivity contribution in [3.63, 3.8) is 0 Å². The maximum atomic E-state index is 11.9. The molecule has 5 fully saturated rings. The zero-order valence-electron chi connectivity index (χ0n) is 22.4. The number of rotatable bonds is 2. The van der Waals surface area contributed by atoms with Gasteiger partial charge in [-0.15, -0.1) is 0 Å². The van der Waals surface area contributed by atoms with Crippen LogP contribution in [0, 0.1) is 45.3 Å². The highest BCUT2D eigenvalue weighted by Gasteiger charge is 2.71. The average molecular weight is 459 g/mol. The molecule has 1 saturated heterocycles. The van der Waals surface area contributed by atoms with Crippen molar-refractivity contribution in [1.29, 1.82) is 0 Å². The minimum absolute atomic E-state index is 0.0437. The summed E-state index contributed by atoms with van der Waals surface area (Å²) in [7, 11) is 0. The van der Waals surface area contributed by atoms with Gasteiger partial charge in [-0.2, -0.15) is 0 Å². The minimum Gasteiger partial charge on any atom is -0.393 e. The molecule has 0 radical (unpaired) electrons. The monoisotopic (exact) mass is 458 g/mol. The number of hydrogen-bond acceptors (Lipinski definition) is 3. The van der Waals surface area contributed by atoms with Gasteiger partial charge in [-0.25, -0.2) is 0 Å². The lowest BCUT2D eigenvalue weighted by atomic mass is 9.35. The number of hydrogen-bond donors (Lipinski definition) is 2. The fourth-order valence-corrected chi connectivity index (χ4v) is 10.9. The molecule has 11 atom stereocenters. The number of ether oxygens (including phenoxy) is 1. The molecule has 33 heavy (non-hydrogen) atoms. The van der Waals surface area contributed by atoms with Gasteiger partial charge >= 0.3 is 0 Å². The first-order valence-electron chi connectivity index (χ1n) is 13.9. The quantitative estimate of drug-likeness (QED) is 0.463. The highest BCUT2D eigenvalue weighted by Crippen LogP contribution is 2.76. The maximum absolute atomic E-state index is 11.9. The molecule has 3 heteroatoms. The topological polar surface area (TPSA) is 49.7 Å². The van der Waals surface area contributed by atoms with E-state index in [-0.39, 0.29) is 45.6 Å². The van der Waals surface area contributed by atoms with E-state index in [4.69, 9.17) is 4.74 Å². The Kier molecular flexibility index (Phi) is 5.40. The summed E-state index contributed by atoms with van der Waals surface area (Å²) in [6, 6.07) is 0. The summed E-state index contributed by atoms with van der Waals surface area (Å²) in [6.07, 6.45) is 9.61. The molecule has 1 heterocycles. The van der Waals surface area contributed by atoms with Gasteiger partial charge in [-0.1, -0.05) is 46.8 Å². The third-order valence-corrected chi connectivity index (χ3v) is 13.0. The lowest BCUT2D eigenvalue weighted by Gasteiger charge is -2.70. The molecule has 0 amide bonds.